The standard InChI is InChI=1S/C8H10N2O3.C8H17NO2/c1-2-3-6(11)9-10-7(12)4-5-8(10)13;1-6(2)3-7(5-9)4-8(10)11/h4-5H,2-3H2,1H3,(H,9,11);6-7H,3-5,9H2,1-2H3,(H,10,11)/t;7-/m.0/s1. The number of nitrogens with zero attached hydrogens (tertiary/aromatic N) is 1. The molecule has 0 aliphatic carbocycles. The number of nitrogens with one attached hydrogen (secondary N) is 1. The lowest BCUT2D eigenvalue weighted by Gasteiger charge is -2.13. The minimum absolute atomic E-state index is 0.146. The van der Waals surface area contributed by atoms with Gasteiger partial charge in [-0.2, -0.15) is 5.01 Å². The highest BCUT2D eigenvalue weighted by molar-refractivity contribution is 6.13. The van der Waals surface area contributed by atoms with Gasteiger partial charge in [-0.05, 0) is 31.2 Å². The predicted octanol–water partition coefficient (Wildman–Crippen LogP) is 0.825. The van der Waals surface area contributed by atoms with Gasteiger partial charge in [-0.1, -0.05) is 20.8 Å². The van der Waals surface area contributed by atoms with E-state index in [4.69, 9.17) is 10.8 Å². The van der Waals surface area contributed by atoms with Crippen molar-refractivity contribution in [3.63, 3.8) is 0 Å². The van der Waals surface area contributed by atoms with Crippen molar-refractivity contribution in [2.75, 3.05) is 6.54 Å². The van der Waals surface area contributed by atoms with Crippen LogP contribution in [0.2, 0.25) is 0 Å². The van der Waals surface area contributed by atoms with E-state index < -0.39 is 17.8 Å². The van der Waals surface area contributed by atoms with Gasteiger partial charge < -0.3 is 10.8 Å². The summed E-state index contributed by atoms with van der Waals surface area (Å²) in [5.74, 6) is -1.41. The first-order valence-corrected chi connectivity index (χ1v) is 7.98. The Balaban J connectivity index is 0.000000449. The molecule has 0 aromatic heterocycles. The van der Waals surface area contributed by atoms with E-state index in [1.54, 1.807) is 0 Å². The lowest BCUT2D eigenvalue weighted by molar-refractivity contribution is -0.146. The molecular weight excluding hydrogens is 314 g/mol. The van der Waals surface area contributed by atoms with Crippen molar-refractivity contribution < 1.29 is 24.3 Å². The fourth-order valence-corrected chi connectivity index (χ4v) is 2.09. The Bertz CT molecular complexity index is 470. The molecule has 0 radical (unpaired) electrons. The maximum atomic E-state index is 11.0. The zero-order valence-electron chi connectivity index (χ0n) is 14.4. The number of amides is 3. The minimum Gasteiger partial charge on any atom is -0.481 e. The van der Waals surface area contributed by atoms with E-state index in [2.05, 4.69) is 19.3 Å². The van der Waals surface area contributed by atoms with E-state index >= 15 is 0 Å². The molecule has 1 aliphatic rings. The summed E-state index contributed by atoms with van der Waals surface area (Å²) < 4.78 is 0. The molecule has 8 heteroatoms. The Hall–Kier alpha value is -2.22. The molecule has 0 aromatic carbocycles. The monoisotopic (exact) mass is 341 g/mol. The van der Waals surface area contributed by atoms with Crippen molar-refractivity contribution in [3.05, 3.63) is 12.2 Å². The van der Waals surface area contributed by atoms with E-state index in [0.29, 0.717) is 30.3 Å². The van der Waals surface area contributed by atoms with E-state index in [1.165, 1.54) is 0 Å². The van der Waals surface area contributed by atoms with Gasteiger partial charge in [0.1, 0.15) is 0 Å². The van der Waals surface area contributed by atoms with Gasteiger partial charge >= 0.3 is 5.97 Å². The minimum atomic E-state index is -0.749. The zero-order chi connectivity index (χ0) is 18.7. The molecule has 0 spiro atoms. The Morgan fingerprint density at radius 3 is 2.17 bits per heavy atom. The molecule has 0 unspecified atom stereocenters. The molecule has 1 heterocycles. The van der Waals surface area contributed by atoms with E-state index in [-0.39, 0.29) is 18.2 Å². The van der Waals surface area contributed by atoms with Crippen LogP contribution in [-0.4, -0.2) is 40.4 Å². The first-order valence-electron chi connectivity index (χ1n) is 7.98. The highest BCUT2D eigenvalue weighted by Gasteiger charge is 2.24. The Morgan fingerprint density at radius 1 is 1.25 bits per heavy atom. The summed E-state index contributed by atoms with van der Waals surface area (Å²) in [6.45, 7) is 6.46. The third-order valence-electron chi connectivity index (χ3n) is 3.12. The predicted molar refractivity (Wildman–Crippen MR) is 88.3 cm³/mol. The number of carboxylic acids is 1. The molecule has 1 aliphatic heterocycles. The molecule has 0 fully saturated rings. The smallest absolute Gasteiger partial charge is 0.303 e. The normalized spacial score (nSPS) is 14.5. The topological polar surface area (TPSA) is 130 Å². The molecule has 136 valence electrons. The van der Waals surface area contributed by atoms with Crippen LogP contribution in [0.5, 0.6) is 0 Å². The lowest BCUT2D eigenvalue weighted by atomic mass is 9.94. The second-order valence-corrected chi connectivity index (χ2v) is 5.96. The van der Waals surface area contributed by atoms with E-state index in [1.807, 2.05) is 6.92 Å². The van der Waals surface area contributed by atoms with Crippen molar-refractivity contribution in [1.82, 2.24) is 10.4 Å². The quantitative estimate of drug-likeness (QED) is 0.561. The number of rotatable bonds is 8. The third-order valence-corrected chi connectivity index (χ3v) is 3.12. The molecule has 0 saturated carbocycles. The first kappa shape index (κ1) is 21.8. The Morgan fingerprint density at radius 2 is 1.79 bits per heavy atom. The number of aliphatic carboxylic acids is 1. The largest absolute Gasteiger partial charge is 0.481 e. The van der Waals surface area contributed by atoms with Gasteiger partial charge in [0.15, 0.2) is 0 Å². The van der Waals surface area contributed by atoms with Crippen LogP contribution in [0.4, 0.5) is 0 Å². The summed E-state index contributed by atoms with van der Waals surface area (Å²) in [7, 11) is 0. The van der Waals surface area contributed by atoms with Crippen LogP contribution in [0.15, 0.2) is 12.2 Å². The maximum absolute atomic E-state index is 11.0. The molecule has 0 saturated heterocycles. The van der Waals surface area contributed by atoms with Gasteiger partial charge in [-0.25, -0.2) is 0 Å². The van der Waals surface area contributed by atoms with E-state index in [0.717, 1.165) is 18.6 Å². The second kappa shape index (κ2) is 11.3. The number of hydrogen-bond acceptors (Lipinski definition) is 5. The van der Waals surface area contributed by atoms with Gasteiger partial charge in [0, 0.05) is 25.0 Å². The van der Waals surface area contributed by atoms with Crippen LogP contribution in [0.3, 0.4) is 0 Å². The van der Waals surface area contributed by atoms with Gasteiger partial charge in [-0.15, -0.1) is 0 Å². The SMILES string of the molecule is CC(C)C[C@H](CN)CC(=O)O.CCCC(=O)NN1C(=O)C=CC1=O. The molecule has 24 heavy (non-hydrogen) atoms. The Labute approximate surface area is 142 Å². The average molecular weight is 341 g/mol. The van der Waals surface area contributed by atoms with Gasteiger partial charge in [0.25, 0.3) is 11.8 Å². The molecule has 4 N–H and O–H groups in total. The summed E-state index contributed by atoms with van der Waals surface area (Å²) >= 11 is 0. The first-order chi connectivity index (χ1) is 11.2. The van der Waals surface area contributed by atoms with Crippen LogP contribution in [-0.2, 0) is 19.2 Å². The summed E-state index contributed by atoms with van der Waals surface area (Å²) in [4.78, 5) is 43.2. The number of carboxylic acid groups (broad SMARTS) is 1. The van der Waals surface area contributed by atoms with Crippen molar-refractivity contribution in [3.8, 4) is 0 Å². The molecule has 1 atom stereocenters. The maximum Gasteiger partial charge on any atom is 0.303 e. The number of carbonyl (C=O) groups excluding carboxylic acids is 3. The van der Waals surface area contributed by atoms with E-state index in [9.17, 15) is 19.2 Å². The van der Waals surface area contributed by atoms with Crippen LogP contribution in [0, 0.1) is 11.8 Å². The van der Waals surface area contributed by atoms with Gasteiger partial charge in [0.05, 0.1) is 0 Å². The summed E-state index contributed by atoms with van der Waals surface area (Å²) in [5, 5.41) is 9.18. The molecule has 1 rings (SSSR count). The van der Waals surface area contributed by atoms with Crippen LogP contribution in [0.25, 0.3) is 0 Å². The van der Waals surface area contributed by atoms with Crippen LogP contribution < -0.4 is 11.2 Å². The van der Waals surface area contributed by atoms with Crippen molar-refractivity contribution in [1.29, 1.82) is 0 Å². The fourth-order valence-electron chi connectivity index (χ4n) is 2.09. The number of carbonyl (C=O) groups is 4. The molecule has 3 amide bonds. The summed E-state index contributed by atoms with van der Waals surface area (Å²) in [6.07, 6.45) is 4.33. The lowest BCUT2D eigenvalue weighted by Crippen LogP contribution is -2.45. The molecule has 8 nitrogen and oxygen atoms in total. The van der Waals surface area contributed by atoms with Crippen molar-refractivity contribution in [2.45, 2.75) is 46.5 Å². The van der Waals surface area contributed by atoms with Crippen LogP contribution in [0.1, 0.15) is 46.5 Å². The number of hydrazine groups is 1. The molecule has 0 aromatic rings. The number of hydrogen-bond donors (Lipinski definition) is 3. The highest BCUT2D eigenvalue weighted by atomic mass is 16.4. The summed E-state index contributed by atoms with van der Waals surface area (Å²) in [5.41, 5.74) is 7.62. The van der Waals surface area contributed by atoms with Crippen molar-refractivity contribution in [2.24, 2.45) is 17.6 Å². The summed E-state index contributed by atoms with van der Waals surface area (Å²) in [6, 6.07) is 0. The molecular formula is C16H27N3O5. The second-order valence-electron chi connectivity index (χ2n) is 5.96. The van der Waals surface area contributed by atoms with Gasteiger partial charge in [-0.3, -0.25) is 24.6 Å². The highest BCUT2D eigenvalue weighted by Crippen LogP contribution is 2.13. The number of imide groups is 1. The Kier molecular flexibility index (Phi) is 10.3. The number of nitrogens with two attached hydrogens (primary N) is 1. The van der Waals surface area contributed by atoms with Crippen LogP contribution >= 0.6 is 0 Å². The average Bonchev–Trinajstić information content (AvgIpc) is 2.78. The molecule has 0 bridgehead atoms. The van der Waals surface area contributed by atoms with Gasteiger partial charge in [0.2, 0.25) is 5.91 Å². The fraction of sp³-hybridized carbons (Fsp3) is 0.625. The zero-order valence-corrected chi connectivity index (χ0v) is 14.4. The third kappa shape index (κ3) is 9.04. The van der Waals surface area contributed by atoms with Crippen molar-refractivity contribution >= 4 is 23.7 Å².